The molecule has 0 aliphatic heterocycles. The van der Waals surface area contributed by atoms with Gasteiger partial charge in [-0.1, -0.05) is 115 Å². The molecular formula is C48H31NO2. The molecule has 0 saturated heterocycles. The van der Waals surface area contributed by atoms with Gasteiger partial charge in [-0.05, 0) is 106 Å². The van der Waals surface area contributed by atoms with Gasteiger partial charge in [0.1, 0.15) is 22.3 Å². The zero-order valence-corrected chi connectivity index (χ0v) is 26.7. The minimum Gasteiger partial charge on any atom is -0.456 e. The van der Waals surface area contributed by atoms with E-state index in [1.54, 1.807) is 66.7 Å². The molecule has 3 nitrogen and oxygen atoms in total. The van der Waals surface area contributed by atoms with E-state index in [2.05, 4.69) is 0 Å². The van der Waals surface area contributed by atoms with Crippen molar-refractivity contribution in [3.05, 3.63) is 188 Å². The summed E-state index contributed by atoms with van der Waals surface area (Å²) in [5, 5.41) is 2.91. The lowest BCUT2D eigenvalue weighted by Gasteiger charge is -2.26. The van der Waals surface area contributed by atoms with E-state index in [1.807, 2.05) is 48.5 Å². The van der Waals surface area contributed by atoms with Crippen LogP contribution in [0, 0.1) is 0 Å². The average Bonchev–Trinajstić information content (AvgIpc) is 3.85. The standard InChI is InChI=1S/C48H31NO2/c1-2-8-32(9-3-1)33-14-22-38(23-15-33)49(39-24-16-34(17-25-39)36-20-28-47-43(30-36)41-10-4-6-12-45(41)50-47)40-26-18-35(19-27-40)37-21-29-48-44(31-37)42-11-5-7-13-46(42)51-48/h1-31H/i14D,15D,16D,17D,18D,19D,22D,23D,24D,25D,26D,27D. The fraction of sp³-hybridized carbons (Fsp3) is 0. The summed E-state index contributed by atoms with van der Waals surface area (Å²) in [4.78, 5) is 0.824. The number of fused-ring (bicyclic) bond motifs is 6. The summed E-state index contributed by atoms with van der Waals surface area (Å²) in [7, 11) is 0. The summed E-state index contributed by atoms with van der Waals surface area (Å²) in [6.07, 6.45) is 0. The molecule has 10 rings (SSSR count). The number of benzene rings is 8. The first kappa shape index (κ1) is 19.4. The van der Waals surface area contributed by atoms with Crippen molar-refractivity contribution in [1.82, 2.24) is 0 Å². The molecule has 2 heterocycles. The van der Waals surface area contributed by atoms with Crippen molar-refractivity contribution in [1.29, 1.82) is 0 Å². The van der Waals surface area contributed by atoms with Crippen molar-refractivity contribution in [2.24, 2.45) is 0 Å². The first-order valence-electron chi connectivity index (χ1n) is 22.3. The number of nitrogens with zero attached hydrogens (tertiary/aromatic N) is 1. The molecule has 0 fully saturated rings. The van der Waals surface area contributed by atoms with E-state index in [-0.39, 0.29) is 16.7 Å². The highest BCUT2D eigenvalue weighted by atomic mass is 16.3. The van der Waals surface area contributed by atoms with Crippen LogP contribution in [0.5, 0.6) is 0 Å². The first-order chi connectivity index (χ1) is 30.3. The van der Waals surface area contributed by atoms with Crippen molar-refractivity contribution in [3.63, 3.8) is 0 Å². The quantitative estimate of drug-likeness (QED) is 0.177. The van der Waals surface area contributed by atoms with Crippen LogP contribution in [0.25, 0.3) is 77.3 Å². The van der Waals surface area contributed by atoms with Crippen molar-refractivity contribution in [2.45, 2.75) is 0 Å². The van der Waals surface area contributed by atoms with Gasteiger partial charge in [-0.2, -0.15) is 0 Å². The highest BCUT2D eigenvalue weighted by Crippen LogP contribution is 2.39. The highest BCUT2D eigenvalue weighted by Gasteiger charge is 2.15. The van der Waals surface area contributed by atoms with Crippen LogP contribution in [-0.2, 0) is 0 Å². The monoisotopic (exact) mass is 665 g/mol. The molecule has 8 aromatic carbocycles. The molecule has 51 heavy (non-hydrogen) atoms. The molecule has 0 spiro atoms. The summed E-state index contributed by atoms with van der Waals surface area (Å²) < 4.78 is 124. The second-order valence-electron chi connectivity index (χ2n) is 12.0. The van der Waals surface area contributed by atoms with Gasteiger partial charge in [0.25, 0.3) is 0 Å². The molecule has 0 saturated carbocycles. The van der Waals surface area contributed by atoms with Gasteiger partial charge in [-0.15, -0.1) is 0 Å². The third-order valence-electron chi connectivity index (χ3n) is 8.90. The number of rotatable bonds is 6. The number of anilines is 3. The maximum absolute atomic E-state index is 9.50. The third-order valence-corrected chi connectivity index (χ3v) is 8.90. The molecule has 0 bridgehead atoms. The van der Waals surface area contributed by atoms with Gasteiger partial charge in [0.15, 0.2) is 0 Å². The summed E-state index contributed by atoms with van der Waals surface area (Å²) >= 11 is 0. The topological polar surface area (TPSA) is 29.5 Å². The molecule has 0 N–H and O–H groups in total. The van der Waals surface area contributed by atoms with Crippen LogP contribution in [0.15, 0.2) is 197 Å². The fourth-order valence-corrected chi connectivity index (χ4v) is 6.39. The molecule has 0 atom stereocenters. The third kappa shape index (κ3) is 5.15. The van der Waals surface area contributed by atoms with Crippen molar-refractivity contribution < 1.29 is 25.3 Å². The summed E-state index contributed by atoms with van der Waals surface area (Å²) in [6, 6.07) is 25.8. The second-order valence-corrected chi connectivity index (χ2v) is 12.0. The SMILES string of the molecule is [2H]c1c([2H])c(N(c2c([2H])c([2H])c(-c3ccc4oc5ccccc5c4c3)c([2H])c2[2H])c2c([2H])c([2H])c(-c3ccc4oc5ccccc5c4c3)c([2H])c2[2H])c([2H])c([2H])c1-c1ccccc1. The Hall–Kier alpha value is -6.84. The Morgan fingerprint density at radius 1 is 0.314 bits per heavy atom. The Morgan fingerprint density at radius 3 is 1.14 bits per heavy atom. The van der Waals surface area contributed by atoms with Crippen LogP contribution in [0.2, 0.25) is 0 Å². The van der Waals surface area contributed by atoms with Gasteiger partial charge in [-0.25, -0.2) is 0 Å². The van der Waals surface area contributed by atoms with Gasteiger partial charge in [0, 0.05) is 38.6 Å². The lowest BCUT2D eigenvalue weighted by molar-refractivity contribution is 0.668. The van der Waals surface area contributed by atoms with Crippen LogP contribution >= 0.6 is 0 Å². The van der Waals surface area contributed by atoms with E-state index in [1.165, 1.54) is 0 Å². The first-order valence-corrected chi connectivity index (χ1v) is 16.3. The van der Waals surface area contributed by atoms with Gasteiger partial charge in [0.2, 0.25) is 0 Å². The van der Waals surface area contributed by atoms with E-state index in [4.69, 9.17) is 11.6 Å². The Balaban J connectivity index is 1.25. The molecule has 0 amide bonds. The van der Waals surface area contributed by atoms with E-state index < -0.39 is 89.6 Å². The number of para-hydroxylation sites is 2. The molecule has 10 aromatic rings. The van der Waals surface area contributed by atoms with Gasteiger partial charge < -0.3 is 13.7 Å². The molecule has 3 heteroatoms. The average molecular weight is 666 g/mol. The van der Waals surface area contributed by atoms with Crippen LogP contribution in [0.1, 0.15) is 16.4 Å². The van der Waals surface area contributed by atoms with Crippen molar-refractivity contribution in [2.75, 3.05) is 4.90 Å². The Bertz CT molecular complexity index is 3300. The van der Waals surface area contributed by atoms with Gasteiger partial charge in [0.05, 0.1) is 16.4 Å². The minimum atomic E-state index is -0.689. The smallest absolute Gasteiger partial charge is 0.135 e. The van der Waals surface area contributed by atoms with Crippen LogP contribution in [-0.4, -0.2) is 0 Å². The van der Waals surface area contributed by atoms with Crippen molar-refractivity contribution in [3.8, 4) is 33.4 Å². The van der Waals surface area contributed by atoms with Gasteiger partial charge in [-0.3, -0.25) is 0 Å². The summed E-state index contributed by atoms with van der Waals surface area (Å²) in [6.45, 7) is 0. The fourth-order valence-electron chi connectivity index (χ4n) is 6.39. The largest absolute Gasteiger partial charge is 0.456 e. The Labute approximate surface area is 312 Å². The van der Waals surface area contributed by atoms with Crippen LogP contribution < -0.4 is 4.90 Å². The zero-order chi connectivity index (χ0) is 44.2. The molecule has 2 aromatic heterocycles. The predicted octanol–water partition coefficient (Wildman–Crippen LogP) is 14.0. The lowest BCUT2D eigenvalue weighted by Crippen LogP contribution is -2.09. The Morgan fingerprint density at radius 2 is 0.686 bits per heavy atom. The van der Waals surface area contributed by atoms with Crippen molar-refractivity contribution >= 4 is 60.9 Å². The number of hydrogen-bond acceptors (Lipinski definition) is 3. The van der Waals surface area contributed by atoms with E-state index >= 15 is 0 Å². The molecule has 0 aliphatic rings. The molecular weight excluding hydrogens is 623 g/mol. The van der Waals surface area contributed by atoms with E-state index in [0.717, 1.165) is 15.7 Å². The molecule has 0 radical (unpaired) electrons. The number of furan rings is 2. The second kappa shape index (κ2) is 11.9. The molecule has 0 unspecified atom stereocenters. The van der Waals surface area contributed by atoms with Crippen LogP contribution in [0.3, 0.4) is 0 Å². The van der Waals surface area contributed by atoms with E-state index in [9.17, 15) is 13.7 Å². The number of hydrogen-bond donors (Lipinski definition) is 0. The summed E-state index contributed by atoms with van der Waals surface area (Å²) in [5.74, 6) is 0. The lowest BCUT2D eigenvalue weighted by atomic mass is 10.0. The zero-order valence-electron chi connectivity index (χ0n) is 38.7. The Kier molecular flexibility index (Phi) is 4.54. The van der Waals surface area contributed by atoms with E-state index in [0.29, 0.717) is 49.8 Å². The maximum Gasteiger partial charge on any atom is 0.135 e. The normalized spacial score (nSPS) is 14.8. The summed E-state index contributed by atoms with van der Waals surface area (Å²) in [5.41, 5.74) is 1.35. The minimum absolute atomic E-state index is 0.0524. The van der Waals surface area contributed by atoms with Gasteiger partial charge >= 0.3 is 0 Å². The molecule has 0 aliphatic carbocycles. The highest BCUT2D eigenvalue weighted by molar-refractivity contribution is 6.07. The maximum atomic E-state index is 9.50. The predicted molar refractivity (Wildman–Crippen MR) is 212 cm³/mol. The molecule has 240 valence electrons. The van der Waals surface area contributed by atoms with Crippen LogP contribution in [0.4, 0.5) is 17.1 Å².